The molecule has 0 spiro atoms. The molecule has 144 valence electrons. The number of benzene rings is 2. The van der Waals surface area contributed by atoms with Crippen molar-refractivity contribution in [3.8, 4) is 5.69 Å². The number of carbonyl (C=O) groups excluding carboxylic acids is 1. The molecule has 3 aromatic rings. The predicted molar refractivity (Wildman–Crippen MR) is 107 cm³/mol. The molecule has 0 unspecified atom stereocenters. The van der Waals surface area contributed by atoms with Gasteiger partial charge in [0.2, 0.25) is 0 Å². The van der Waals surface area contributed by atoms with Crippen LogP contribution in [0.4, 0.5) is 4.39 Å². The van der Waals surface area contributed by atoms with Crippen molar-refractivity contribution in [2.45, 2.75) is 27.7 Å². The zero-order valence-electron chi connectivity index (χ0n) is 16.2. The molecule has 0 atom stereocenters. The van der Waals surface area contributed by atoms with Crippen LogP contribution in [0.3, 0.4) is 0 Å². The SMILES string of the molecule is CCOC(=O)/C=C/c1cc2c(=O)n(-c3c(C)cccc3C)c(C)nc2cc1F. The van der Waals surface area contributed by atoms with E-state index in [4.69, 9.17) is 4.74 Å². The Morgan fingerprint density at radius 2 is 1.89 bits per heavy atom. The Kier molecular flexibility index (Phi) is 5.40. The number of aryl methyl sites for hydroxylation is 3. The maximum absolute atomic E-state index is 14.4. The number of fused-ring (bicyclic) bond motifs is 1. The molecule has 0 amide bonds. The first-order valence-corrected chi connectivity index (χ1v) is 8.97. The highest BCUT2D eigenvalue weighted by Gasteiger charge is 2.15. The maximum Gasteiger partial charge on any atom is 0.330 e. The van der Waals surface area contributed by atoms with Crippen LogP contribution >= 0.6 is 0 Å². The van der Waals surface area contributed by atoms with E-state index in [2.05, 4.69) is 4.98 Å². The van der Waals surface area contributed by atoms with Crippen molar-refractivity contribution >= 4 is 22.9 Å². The van der Waals surface area contributed by atoms with Gasteiger partial charge in [-0.1, -0.05) is 18.2 Å². The molecule has 0 aliphatic carbocycles. The topological polar surface area (TPSA) is 61.2 Å². The van der Waals surface area contributed by atoms with E-state index in [-0.39, 0.29) is 28.6 Å². The molecule has 0 saturated carbocycles. The van der Waals surface area contributed by atoms with Crippen LogP contribution in [0.2, 0.25) is 0 Å². The van der Waals surface area contributed by atoms with Gasteiger partial charge in [-0.15, -0.1) is 0 Å². The minimum absolute atomic E-state index is 0.122. The highest BCUT2D eigenvalue weighted by molar-refractivity contribution is 5.88. The molecule has 1 heterocycles. The van der Waals surface area contributed by atoms with E-state index >= 15 is 0 Å². The molecule has 1 aromatic heterocycles. The summed E-state index contributed by atoms with van der Waals surface area (Å²) in [6.45, 7) is 7.49. The maximum atomic E-state index is 14.4. The molecule has 0 fully saturated rings. The van der Waals surface area contributed by atoms with E-state index in [1.807, 2.05) is 32.0 Å². The van der Waals surface area contributed by atoms with Crippen LogP contribution in [-0.4, -0.2) is 22.1 Å². The lowest BCUT2D eigenvalue weighted by molar-refractivity contribution is -0.137. The summed E-state index contributed by atoms with van der Waals surface area (Å²) in [5.74, 6) is -0.662. The van der Waals surface area contributed by atoms with Crippen LogP contribution in [-0.2, 0) is 9.53 Å². The minimum atomic E-state index is -0.572. The van der Waals surface area contributed by atoms with E-state index in [1.165, 1.54) is 18.2 Å². The smallest absolute Gasteiger partial charge is 0.330 e. The largest absolute Gasteiger partial charge is 0.463 e. The van der Waals surface area contributed by atoms with E-state index in [0.29, 0.717) is 5.82 Å². The summed E-state index contributed by atoms with van der Waals surface area (Å²) in [6.07, 6.45) is 2.44. The molecule has 6 heteroatoms. The summed E-state index contributed by atoms with van der Waals surface area (Å²) in [5, 5.41) is 0.276. The summed E-state index contributed by atoms with van der Waals surface area (Å²) in [5.41, 5.74) is 2.76. The lowest BCUT2D eigenvalue weighted by atomic mass is 10.1. The monoisotopic (exact) mass is 380 g/mol. The Hall–Kier alpha value is -3.28. The quantitative estimate of drug-likeness (QED) is 0.507. The Labute approximate surface area is 162 Å². The second kappa shape index (κ2) is 7.76. The van der Waals surface area contributed by atoms with Crippen molar-refractivity contribution < 1.29 is 13.9 Å². The van der Waals surface area contributed by atoms with E-state index in [9.17, 15) is 14.0 Å². The third kappa shape index (κ3) is 3.58. The Bertz CT molecular complexity index is 1140. The van der Waals surface area contributed by atoms with E-state index < -0.39 is 11.8 Å². The summed E-state index contributed by atoms with van der Waals surface area (Å²) in [7, 11) is 0. The molecule has 0 N–H and O–H groups in total. The predicted octanol–water partition coefficient (Wildman–Crippen LogP) is 4.03. The zero-order chi connectivity index (χ0) is 20.4. The molecule has 0 aliphatic rings. The van der Waals surface area contributed by atoms with Gasteiger partial charge in [-0.3, -0.25) is 9.36 Å². The molecule has 5 nitrogen and oxygen atoms in total. The summed E-state index contributed by atoms with van der Waals surface area (Å²) < 4.78 is 20.8. The average molecular weight is 380 g/mol. The Morgan fingerprint density at radius 1 is 1.21 bits per heavy atom. The van der Waals surface area contributed by atoms with Gasteiger partial charge in [0, 0.05) is 17.7 Å². The summed E-state index contributed by atoms with van der Waals surface area (Å²) >= 11 is 0. The normalized spacial score (nSPS) is 11.3. The van der Waals surface area contributed by atoms with Crippen molar-refractivity contribution in [2.24, 2.45) is 0 Å². The molecule has 2 aromatic carbocycles. The van der Waals surface area contributed by atoms with Gasteiger partial charge in [-0.25, -0.2) is 14.2 Å². The van der Waals surface area contributed by atoms with Crippen molar-refractivity contribution in [3.05, 3.63) is 75.1 Å². The highest BCUT2D eigenvalue weighted by Crippen LogP contribution is 2.22. The van der Waals surface area contributed by atoms with Gasteiger partial charge >= 0.3 is 5.97 Å². The fourth-order valence-electron chi connectivity index (χ4n) is 3.23. The number of rotatable bonds is 4. The molecular formula is C22H21FN2O3. The molecule has 28 heavy (non-hydrogen) atoms. The van der Waals surface area contributed by atoms with Crippen LogP contribution in [0, 0.1) is 26.6 Å². The molecule has 3 rings (SSSR count). The van der Waals surface area contributed by atoms with Crippen LogP contribution in [0.5, 0.6) is 0 Å². The van der Waals surface area contributed by atoms with Crippen LogP contribution < -0.4 is 5.56 Å². The first-order valence-electron chi connectivity index (χ1n) is 8.97. The van der Waals surface area contributed by atoms with Gasteiger partial charge in [-0.05, 0) is 51.0 Å². The van der Waals surface area contributed by atoms with E-state index in [1.54, 1.807) is 18.4 Å². The first kappa shape index (κ1) is 19.5. The number of esters is 1. The third-order valence-electron chi connectivity index (χ3n) is 4.50. The van der Waals surface area contributed by atoms with Gasteiger partial charge in [0.25, 0.3) is 5.56 Å². The van der Waals surface area contributed by atoms with Crippen LogP contribution in [0.1, 0.15) is 29.4 Å². The molecule has 0 radical (unpaired) electrons. The summed E-state index contributed by atoms with van der Waals surface area (Å²) in [6, 6.07) is 8.41. The number of nitrogens with zero attached hydrogens (tertiary/aromatic N) is 2. The number of carbonyl (C=O) groups is 1. The summed E-state index contributed by atoms with van der Waals surface area (Å²) in [4.78, 5) is 29.2. The number of aromatic nitrogens is 2. The number of halogens is 1. The Morgan fingerprint density at radius 3 is 2.54 bits per heavy atom. The number of hydrogen-bond donors (Lipinski definition) is 0. The highest BCUT2D eigenvalue weighted by atomic mass is 19.1. The van der Waals surface area contributed by atoms with Gasteiger partial charge in [-0.2, -0.15) is 0 Å². The third-order valence-corrected chi connectivity index (χ3v) is 4.50. The molecule has 0 bridgehead atoms. The van der Waals surface area contributed by atoms with Gasteiger partial charge in [0.15, 0.2) is 0 Å². The second-order valence-electron chi connectivity index (χ2n) is 6.52. The standard InChI is InChI=1S/C22H21FN2O3/c1-5-28-20(26)10-9-16-11-17-19(12-18(16)23)24-15(4)25(22(17)27)21-13(2)7-6-8-14(21)3/h6-12H,5H2,1-4H3/b10-9+. The van der Waals surface area contributed by atoms with Gasteiger partial charge in [0.1, 0.15) is 11.6 Å². The number of ether oxygens (including phenoxy) is 1. The number of para-hydroxylation sites is 1. The zero-order valence-corrected chi connectivity index (χ0v) is 16.2. The Balaban J connectivity index is 2.23. The van der Waals surface area contributed by atoms with Crippen LogP contribution in [0.15, 0.2) is 41.2 Å². The van der Waals surface area contributed by atoms with Crippen molar-refractivity contribution in [2.75, 3.05) is 6.61 Å². The number of hydrogen-bond acceptors (Lipinski definition) is 4. The van der Waals surface area contributed by atoms with Gasteiger partial charge in [0.05, 0.1) is 23.2 Å². The van der Waals surface area contributed by atoms with Crippen molar-refractivity contribution in [1.82, 2.24) is 9.55 Å². The van der Waals surface area contributed by atoms with Gasteiger partial charge < -0.3 is 4.74 Å². The first-order chi connectivity index (χ1) is 13.3. The second-order valence-corrected chi connectivity index (χ2v) is 6.52. The van der Waals surface area contributed by atoms with E-state index in [0.717, 1.165) is 22.9 Å². The fourth-order valence-corrected chi connectivity index (χ4v) is 3.23. The molecule has 0 saturated heterocycles. The minimum Gasteiger partial charge on any atom is -0.463 e. The fraction of sp³-hybridized carbons (Fsp3) is 0.227. The average Bonchev–Trinajstić information content (AvgIpc) is 2.63. The van der Waals surface area contributed by atoms with Crippen molar-refractivity contribution in [3.63, 3.8) is 0 Å². The van der Waals surface area contributed by atoms with Crippen molar-refractivity contribution in [1.29, 1.82) is 0 Å². The lowest BCUT2D eigenvalue weighted by Crippen LogP contribution is -2.24. The molecular weight excluding hydrogens is 359 g/mol. The van der Waals surface area contributed by atoms with Crippen LogP contribution in [0.25, 0.3) is 22.7 Å². The molecule has 0 aliphatic heterocycles. The lowest BCUT2D eigenvalue weighted by Gasteiger charge is -2.16.